The molecule has 0 spiro atoms. The van der Waals surface area contributed by atoms with Crippen LogP contribution in [0.4, 0.5) is 23.0 Å². The molecule has 0 atom stereocenters. The van der Waals surface area contributed by atoms with Crippen LogP contribution in [0.3, 0.4) is 0 Å². The first-order valence-corrected chi connectivity index (χ1v) is 13.6. The zero-order valence-corrected chi connectivity index (χ0v) is 24.2. The number of fused-ring (bicyclic) bond motifs is 1. The molecular formula is C32H30ClN7O2. The van der Waals surface area contributed by atoms with Gasteiger partial charge in [-0.25, -0.2) is 9.97 Å². The Morgan fingerprint density at radius 3 is 2.55 bits per heavy atom. The summed E-state index contributed by atoms with van der Waals surface area (Å²) in [4.78, 5) is 39.3. The zero-order chi connectivity index (χ0) is 29.6. The zero-order valence-electron chi connectivity index (χ0n) is 23.4. The van der Waals surface area contributed by atoms with Crippen molar-refractivity contribution < 1.29 is 9.59 Å². The largest absolute Gasteiger partial charge is 0.360 e. The second-order valence-corrected chi connectivity index (χ2v) is 10.4. The molecule has 0 bridgehead atoms. The number of halogens is 1. The standard InChI is InChI=1S/C32H30ClN7O2/c1-20-10-13-23(37-32-35-19-26(33)30(39-32)25-18-34-27-8-5-4-7-24(25)27)17-28(20)38-31(42)21-11-14-22(15-12-21)36-29(41)9-6-16-40(2)3/h4-15,17-19,34H,16H2,1-3H3,(H,36,41)(H,38,42)(H,35,37,39)/b9-6+. The number of benzene rings is 3. The lowest BCUT2D eigenvalue weighted by molar-refractivity contribution is -0.111. The van der Waals surface area contributed by atoms with E-state index in [1.807, 2.05) is 74.6 Å². The van der Waals surface area contributed by atoms with E-state index in [1.165, 1.54) is 6.08 Å². The number of anilines is 4. The molecule has 2 heterocycles. The van der Waals surface area contributed by atoms with Gasteiger partial charge in [0.25, 0.3) is 5.91 Å². The van der Waals surface area contributed by atoms with Gasteiger partial charge >= 0.3 is 0 Å². The number of rotatable bonds is 9. The van der Waals surface area contributed by atoms with E-state index < -0.39 is 0 Å². The van der Waals surface area contributed by atoms with E-state index >= 15 is 0 Å². The van der Waals surface area contributed by atoms with Crippen LogP contribution in [0.25, 0.3) is 22.2 Å². The maximum absolute atomic E-state index is 13.0. The number of hydrogen-bond acceptors (Lipinski definition) is 6. The van der Waals surface area contributed by atoms with Gasteiger partial charge in [-0.05, 0) is 69.0 Å². The summed E-state index contributed by atoms with van der Waals surface area (Å²) < 4.78 is 0. The second-order valence-electron chi connectivity index (χ2n) is 9.98. The number of aromatic nitrogens is 3. The van der Waals surface area contributed by atoms with Crippen LogP contribution in [0.2, 0.25) is 5.02 Å². The van der Waals surface area contributed by atoms with Crippen molar-refractivity contribution in [3.05, 3.63) is 107 Å². The number of likely N-dealkylation sites (N-methyl/N-ethyl adjacent to an activating group) is 1. The molecule has 0 aliphatic carbocycles. The molecule has 4 N–H and O–H groups in total. The second kappa shape index (κ2) is 12.7. The summed E-state index contributed by atoms with van der Waals surface area (Å²) >= 11 is 6.48. The Balaban J connectivity index is 1.27. The van der Waals surface area contributed by atoms with Crippen molar-refractivity contribution in [3.63, 3.8) is 0 Å². The quantitative estimate of drug-likeness (QED) is 0.146. The molecule has 0 unspecified atom stereocenters. The van der Waals surface area contributed by atoms with Crippen LogP contribution < -0.4 is 16.0 Å². The number of aryl methyl sites for hydroxylation is 1. The molecule has 2 amide bonds. The van der Waals surface area contributed by atoms with Gasteiger partial charge in [0, 0.05) is 57.9 Å². The van der Waals surface area contributed by atoms with Gasteiger partial charge in [-0.3, -0.25) is 9.59 Å². The van der Waals surface area contributed by atoms with Gasteiger partial charge in [0.2, 0.25) is 11.9 Å². The summed E-state index contributed by atoms with van der Waals surface area (Å²) in [6.07, 6.45) is 6.72. The molecule has 0 fully saturated rings. The summed E-state index contributed by atoms with van der Waals surface area (Å²) in [5.74, 6) is -0.134. The third kappa shape index (κ3) is 6.83. The van der Waals surface area contributed by atoms with Crippen LogP contribution in [0.1, 0.15) is 15.9 Å². The summed E-state index contributed by atoms with van der Waals surface area (Å²) in [6.45, 7) is 2.58. The molecule has 10 heteroatoms. The highest BCUT2D eigenvalue weighted by Gasteiger charge is 2.14. The Labute approximate surface area is 248 Å². The van der Waals surface area contributed by atoms with Gasteiger partial charge in [-0.15, -0.1) is 0 Å². The third-order valence-electron chi connectivity index (χ3n) is 6.48. The Kier molecular flexibility index (Phi) is 8.61. The molecule has 0 saturated heterocycles. The van der Waals surface area contributed by atoms with Gasteiger partial charge in [-0.1, -0.05) is 41.9 Å². The van der Waals surface area contributed by atoms with E-state index in [0.29, 0.717) is 45.8 Å². The molecule has 2 aromatic heterocycles. The highest BCUT2D eigenvalue weighted by atomic mass is 35.5. The average molecular weight is 580 g/mol. The lowest BCUT2D eigenvalue weighted by Crippen LogP contribution is -2.14. The molecule has 212 valence electrons. The minimum Gasteiger partial charge on any atom is -0.360 e. The van der Waals surface area contributed by atoms with Crippen LogP contribution in [0, 0.1) is 6.92 Å². The minimum absolute atomic E-state index is 0.229. The number of amides is 2. The van der Waals surface area contributed by atoms with E-state index in [2.05, 4.69) is 30.9 Å². The lowest BCUT2D eigenvalue weighted by Gasteiger charge is -2.13. The third-order valence-corrected chi connectivity index (χ3v) is 6.76. The predicted molar refractivity (Wildman–Crippen MR) is 170 cm³/mol. The molecule has 9 nitrogen and oxygen atoms in total. The monoisotopic (exact) mass is 579 g/mol. The molecule has 3 aromatic carbocycles. The SMILES string of the molecule is Cc1ccc(Nc2ncc(Cl)c(-c3c[nH]c4ccccc34)n2)cc1NC(=O)c1ccc(NC(=O)/C=C/CN(C)C)cc1. The van der Waals surface area contributed by atoms with Crippen molar-refractivity contribution in [1.82, 2.24) is 19.9 Å². The summed E-state index contributed by atoms with van der Waals surface area (Å²) in [5.41, 5.74) is 5.76. The smallest absolute Gasteiger partial charge is 0.255 e. The molecule has 5 aromatic rings. The van der Waals surface area contributed by atoms with Gasteiger partial charge < -0.3 is 25.8 Å². The van der Waals surface area contributed by atoms with Gasteiger partial charge in [0.1, 0.15) is 0 Å². The molecule has 42 heavy (non-hydrogen) atoms. The van der Waals surface area contributed by atoms with Crippen LogP contribution in [-0.2, 0) is 4.79 Å². The number of hydrogen-bond donors (Lipinski definition) is 4. The van der Waals surface area contributed by atoms with Gasteiger partial charge in [0.15, 0.2) is 0 Å². The molecule has 5 rings (SSSR count). The molecule has 0 radical (unpaired) electrons. The van der Waals surface area contributed by atoms with Crippen molar-refractivity contribution >= 4 is 57.3 Å². The van der Waals surface area contributed by atoms with Gasteiger partial charge in [0.05, 0.1) is 16.9 Å². The number of nitrogens with one attached hydrogen (secondary N) is 4. The Morgan fingerprint density at radius 1 is 1.00 bits per heavy atom. The Morgan fingerprint density at radius 2 is 1.76 bits per heavy atom. The Hall–Kier alpha value is -4.99. The van der Waals surface area contributed by atoms with Crippen molar-refractivity contribution in [1.29, 1.82) is 0 Å². The number of para-hydroxylation sites is 1. The van der Waals surface area contributed by atoms with Crippen molar-refractivity contribution in [2.45, 2.75) is 6.92 Å². The number of nitrogens with zero attached hydrogens (tertiary/aromatic N) is 3. The van der Waals surface area contributed by atoms with E-state index in [0.717, 1.165) is 22.0 Å². The van der Waals surface area contributed by atoms with E-state index in [9.17, 15) is 9.59 Å². The van der Waals surface area contributed by atoms with Crippen LogP contribution in [0.5, 0.6) is 0 Å². The number of carbonyl (C=O) groups is 2. The summed E-state index contributed by atoms with van der Waals surface area (Å²) in [5, 5.41) is 10.4. The average Bonchev–Trinajstić information content (AvgIpc) is 3.40. The summed E-state index contributed by atoms with van der Waals surface area (Å²) in [6, 6.07) is 20.3. The first kappa shape index (κ1) is 28.5. The first-order valence-electron chi connectivity index (χ1n) is 13.3. The number of aromatic amines is 1. The topological polar surface area (TPSA) is 115 Å². The van der Waals surface area contributed by atoms with E-state index in [4.69, 9.17) is 11.6 Å². The van der Waals surface area contributed by atoms with Crippen molar-refractivity contribution in [3.8, 4) is 11.3 Å². The van der Waals surface area contributed by atoms with Crippen LogP contribution >= 0.6 is 11.6 Å². The maximum Gasteiger partial charge on any atom is 0.255 e. The number of H-pyrrole nitrogens is 1. The van der Waals surface area contributed by atoms with Crippen molar-refractivity contribution in [2.24, 2.45) is 0 Å². The first-order chi connectivity index (χ1) is 20.3. The van der Waals surface area contributed by atoms with Crippen molar-refractivity contribution in [2.75, 3.05) is 36.6 Å². The Bertz CT molecular complexity index is 1780. The van der Waals surface area contributed by atoms with E-state index in [-0.39, 0.29) is 11.8 Å². The highest BCUT2D eigenvalue weighted by molar-refractivity contribution is 6.33. The molecule has 0 aliphatic heterocycles. The van der Waals surface area contributed by atoms with Gasteiger partial charge in [-0.2, -0.15) is 0 Å². The normalized spacial score (nSPS) is 11.3. The lowest BCUT2D eigenvalue weighted by atomic mass is 10.1. The van der Waals surface area contributed by atoms with E-state index in [1.54, 1.807) is 36.5 Å². The molecule has 0 saturated carbocycles. The maximum atomic E-state index is 13.0. The fourth-order valence-electron chi connectivity index (χ4n) is 4.30. The van der Waals surface area contributed by atoms with Crippen LogP contribution in [-0.4, -0.2) is 52.3 Å². The molecular weight excluding hydrogens is 550 g/mol. The fourth-order valence-corrected chi connectivity index (χ4v) is 4.49. The number of carbonyl (C=O) groups excluding carboxylic acids is 2. The van der Waals surface area contributed by atoms with Crippen LogP contribution in [0.15, 0.2) is 91.3 Å². The predicted octanol–water partition coefficient (Wildman–Crippen LogP) is 6.64. The molecule has 0 aliphatic rings. The summed E-state index contributed by atoms with van der Waals surface area (Å²) in [7, 11) is 3.85. The highest BCUT2D eigenvalue weighted by Crippen LogP contribution is 2.33. The minimum atomic E-state index is -0.275. The fraction of sp³-hybridized carbons (Fsp3) is 0.125.